The van der Waals surface area contributed by atoms with Gasteiger partial charge in [0, 0.05) is 0 Å². The summed E-state index contributed by atoms with van der Waals surface area (Å²) >= 11 is 0. The van der Waals surface area contributed by atoms with Crippen LogP contribution in [0.1, 0.15) is 19.3 Å². The standard InChI is InChI=1S/C9H14O.BrH.Li.Mg/c1-4-7-9(10,6-3)8-5-2;;;/h4-5H,1-3,6-8H2;1H;;/q-2;;+1;+2/p-1. The van der Waals surface area contributed by atoms with Crippen LogP contribution < -0.4 is 40.9 Å². The van der Waals surface area contributed by atoms with E-state index in [1.807, 2.05) is 0 Å². The van der Waals surface area contributed by atoms with Crippen LogP contribution >= 0.6 is 0 Å². The maximum Gasteiger partial charge on any atom is 2.00 e. The van der Waals surface area contributed by atoms with E-state index in [0.717, 1.165) is 0 Å². The summed E-state index contributed by atoms with van der Waals surface area (Å²) in [7, 11) is 0. The molecule has 0 aliphatic rings. The van der Waals surface area contributed by atoms with Crippen molar-refractivity contribution in [2.24, 2.45) is 0 Å². The SMILES string of the molecule is C=CCC([O-])(C[CH2-])CC=C.[Br-].[Li+].[Mg+2]. The molecule has 0 spiro atoms. The van der Waals surface area contributed by atoms with Crippen molar-refractivity contribution >= 4 is 23.1 Å². The predicted octanol–water partition coefficient (Wildman–Crippen LogP) is -4.91. The Morgan fingerprint density at radius 3 is 1.69 bits per heavy atom. The van der Waals surface area contributed by atoms with Gasteiger partial charge in [-0.1, -0.05) is 12.2 Å². The number of hydrogen-bond donors (Lipinski definition) is 0. The second-order valence-corrected chi connectivity index (χ2v) is 2.42. The Labute approximate surface area is 120 Å². The van der Waals surface area contributed by atoms with Crippen LogP contribution in [0, 0.1) is 6.92 Å². The first-order chi connectivity index (χ1) is 4.68. The Kier molecular flexibility index (Phi) is 24.4. The summed E-state index contributed by atoms with van der Waals surface area (Å²) in [6, 6.07) is 0. The van der Waals surface area contributed by atoms with Gasteiger partial charge in [-0.25, -0.2) is 0 Å². The molecule has 0 saturated heterocycles. The smallest absolute Gasteiger partial charge is 1.00 e. The summed E-state index contributed by atoms with van der Waals surface area (Å²) in [5.74, 6) is 0. The van der Waals surface area contributed by atoms with Crippen LogP contribution in [0.15, 0.2) is 25.3 Å². The number of rotatable bonds is 5. The summed E-state index contributed by atoms with van der Waals surface area (Å²) in [4.78, 5) is 0. The van der Waals surface area contributed by atoms with Gasteiger partial charge in [0.05, 0.1) is 0 Å². The molecule has 0 fully saturated rings. The quantitative estimate of drug-likeness (QED) is 0.272. The van der Waals surface area contributed by atoms with Crippen LogP contribution in [0.4, 0.5) is 0 Å². The third kappa shape index (κ3) is 11.2. The van der Waals surface area contributed by atoms with Crippen molar-refractivity contribution in [3.05, 3.63) is 32.2 Å². The van der Waals surface area contributed by atoms with Crippen LogP contribution in [0.25, 0.3) is 0 Å². The second-order valence-electron chi connectivity index (χ2n) is 2.42. The molecule has 0 aromatic rings. The van der Waals surface area contributed by atoms with E-state index >= 15 is 0 Å². The molecular weight excluding hydrogens is 235 g/mol. The molecule has 0 N–H and O–H groups in total. The molecule has 13 heavy (non-hydrogen) atoms. The molecule has 66 valence electrons. The maximum atomic E-state index is 11.5. The summed E-state index contributed by atoms with van der Waals surface area (Å²) in [5.41, 5.74) is -0.955. The van der Waals surface area contributed by atoms with Gasteiger partial charge < -0.3 is 29.0 Å². The van der Waals surface area contributed by atoms with E-state index in [1.165, 1.54) is 0 Å². The summed E-state index contributed by atoms with van der Waals surface area (Å²) < 4.78 is 0. The molecule has 0 atom stereocenters. The molecule has 0 unspecified atom stereocenters. The van der Waals surface area contributed by atoms with Crippen molar-refractivity contribution in [3.8, 4) is 0 Å². The van der Waals surface area contributed by atoms with Crippen molar-refractivity contribution < 1.29 is 40.9 Å². The Hall–Kier alpha value is 1.28. The van der Waals surface area contributed by atoms with E-state index < -0.39 is 5.60 Å². The van der Waals surface area contributed by atoms with Gasteiger partial charge in [0.1, 0.15) is 0 Å². The van der Waals surface area contributed by atoms with Gasteiger partial charge in [0.15, 0.2) is 0 Å². The minimum Gasteiger partial charge on any atom is -1.00 e. The third-order valence-corrected chi connectivity index (χ3v) is 1.49. The van der Waals surface area contributed by atoms with Crippen molar-refractivity contribution in [1.82, 2.24) is 0 Å². The fraction of sp³-hybridized carbons (Fsp3) is 0.444. The molecule has 0 bridgehead atoms. The molecular formula is C9H14BrLiMgO. The zero-order valence-electron chi connectivity index (χ0n) is 8.39. The average Bonchev–Trinajstić information content (AvgIpc) is 1.89. The molecule has 0 aromatic carbocycles. The molecule has 4 heteroatoms. The van der Waals surface area contributed by atoms with Gasteiger partial charge in [-0.3, -0.25) is 0 Å². The van der Waals surface area contributed by atoms with Gasteiger partial charge in [-0.2, -0.15) is 6.42 Å². The molecule has 0 saturated carbocycles. The number of halogens is 1. The molecule has 0 radical (unpaired) electrons. The first-order valence-corrected chi connectivity index (χ1v) is 3.40. The van der Waals surface area contributed by atoms with Gasteiger partial charge in [0.2, 0.25) is 0 Å². The summed E-state index contributed by atoms with van der Waals surface area (Å²) in [6.45, 7) is 10.6. The molecule has 1 nitrogen and oxygen atoms in total. The fourth-order valence-electron chi connectivity index (χ4n) is 0.814. The van der Waals surface area contributed by atoms with Gasteiger partial charge in [-0.15, -0.1) is 18.8 Å². The van der Waals surface area contributed by atoms with Crippen molar-refractivity contribution in [2.45, 2.75) is 24.9 Å². The van der Waals surface area contributed by atoms with E-state index in [1.54, 1.807) is 12.2 Å². The monoisotopic (exact) mass is 248 g/mol. The van der Waals surface area contributed by atoms with Gasteiger partial charge in [0.25, 0.3) is 0 Å². The van der Waals surface area contributed by atoms with E-state index in [4.69, 9.17) is 0 Å². The number of hydrogen-bond acceptors (Lipinski definition) is 1. The third-order valence-electron chi connectivity index (χ3n) is 1.49. The Morgan fingerprint density at radius 1 is 1.23 bits per heavy atom. The van der Waals surface area contributed by atoms with Crippen LogP contribution in [-0.4, -0.2) is 28.7 Å². The van der Waals surface area contributed by atoms with E-state index in [-0.39, 0.29) is 58.9 Å². The van der Waals surface area contributed by atoms with E-state index in [0.29, 0.717) is 19.3 Å². The zero-order valence-corrected chi connectivity index (χ0v) is 11.4. The Morgan fingerprint density at radius 2 is 1.54 bits per heavy atom. The van der Waals surface area contributed by atoms with Crippen molar-refractivity contribution in [3.63, 3.8) is 0 Å². The Bertz CT molecular complexity index is 121. The minimum atomic E-state index is -0.955. The largest absolute Gasteiger partial charge is 2.00 e. The summed E-state index contributed by atoms with van der Waals surface area (Å²) in [5, 5.41) is 11.5. The first-order valence-electron chi connectivity index (χ1n) is 3.40. The maximum absolute atomic E-state index is 11.5. The first kappa shape index (κ1) is 23.8. The molecule has 0 aliphatic carbocycles. The van der Waals surface area contributed by atoms with Crippen molar-refractivity contribution in [2.75, 3.05) is 0 Å². The molecule has 0 rings (SSSR count). The van der Waals surface area contributed by atoms with Crippen LogP contribution in [0.5, 0.6) is 0 Å². The van der Waals surface area contributed by atoms with Crippen LogP contribution in [0.3, 0.4) is 0 Å². The zero-order chi connectivity index (χ0) is 8.04. The van der Waals surface area contributed by atoms with Gasteiger partial charge >= 0.3 is 41.9 Å². The predicted molar refractivity (Wildman–Crippen MR) is 48.1 cm³/mol. The van der Waals surface area contributed by atoms with E-state index in [2.05, 4.69) is 20.1 Å². The van der Waals surface area contributed by atoms with E-state index in [9.17, 15) is 5.11 Å². The topological polar surface area (TPSA) is 23.1 Å². The van der Waals surface area contributed by atoms with Crippen LogP contribution in [-0.2, 0) is 0 Å². The minimum absolute atomic E-state index is 0. The Balaban J connectivity index is -0.000000135. The second kappa shape index (κ2) is 13.3. The molecule has 0 aliphatic heterocycles. The van der Waals surface area contributed by atoms with Crippen LogP contribution in [0.2, 0.25) is 0 Å². The average molecular weight is 249 g/mol. The fourth-order valence-corrected chi connectivity index (χ4v) is 0.814. The van der Waals surface area contributed by atoms with Crippen molar-refractivity contribution in [1.29, 1.82) is 0 Å². The molecule has 0 aromatic heterocycles. The summed E-state index contributed by atoms with van der Waals surface area (Å²) in [6.07, 6.45) is 4.62. The molecule has 0 heterocycles. The normalized spacial score (nSPS) is 8.46. The van der Waals surface area contributed by atoms with Gasteiger partial charge in [-0.05, 0) is 12.8 Å². The molecule has 0 amide bonds.